The highest BCUT2D eigenvalue weighted by Crippen LogP contribution is 2.30. The first-order valence-electron chi connectivity index (χ1n) is 5.78. The molecule has 1 aliphatic rings. The molecule has 1 aliphatic heterocycles. The summed E-state index contributed by atoms with van der Waals surface area (Å²) in [5.74, 6) is 0.0454. The molecule has 0 radical (unpaired) electrons. The Labute approximate surface area is 113 Å². The lowest BCUT2D eigenvalue weighted by Gasteiger charge is -2.23. The molecule has 1 saturated heterocycles. The third kappa shape index (κ3) is 3.70. The summed E-state index contributed by atoms with van der Waals surface area (Å²) in [7, 11) is 0. The summed E-state index contributed by atoms with van der Waals surface area (Å²) in [6.07, 6.45) is -2.75. The average Bonchev–Trinajstić information content (AvgIpc) is 2.72. The van der Waals surface area contributed by atoms with E-state index in [-0.39, 0.29) is 11.4 Å². The van der Waals surface area contributed by atoms with Crippen molar-refractivity contribution in [2.24, 2.45) is 0 Å². The van der Waals surface area contributed by atoms with Crippen molar-refractivity contribution in [3.05, 3.63) is 17.0 Å². The fourth-order valence-electron chi connectivity index (χ4n) is 1.91. The standard InChI is InChI=1S/C11H13ClF3N3O/c1-10(3-2-4-19-10)6-16-8-5-7(11(13,14)15)17-9(12)18-8/h5H,2-4,6H2,1H3,(H,16,17,18). The highest BCUT2D eigenvalue weighted by atomic mass is 35.5. The van der Waals surface area contributed by atoms with Gasteiger partial charge in [0, 0.05) is 19.2 Å². The Bertz CT molecular complexity index is 461. The highest BCUT2D eigenvalue weighted by Gasteiger charge is 2.34. The molecule has 1 unspecified atom stereocenters. The van der Waals surface area contributed by atoms with Gasteiger partial charge >= 0.3 is 6.18 Å². The lowest BCUT2D eigenvalue weighted by atomic mass is 10.0. The topological polar surface area (TPSA) is 47.0 Å². The quantitative estimate of drug-likeness (QED) is 0.870. The zero-order chi connectivity index (χ0) is 14.1. The van der Waals surface area contributed by atoms with Gasteiger partial charge in [0.2, 0.25) is 5.28 Å². The van der Waals surface area contributed by atoms with E-state index in [2.05, 4.69) is 15.3 Å². The first-order valence-corrected chi connectivity index (χ1v) is 6.16. The first-order chi connectivity index (χ1) is 8.78. The van der Waals surface area contributed by atoms with Crippen LogP contribution in [0, 0.1) is 0 Å². The predicted molar refractivity (Wildman–Crippen MR) is 64.1 cm³/mol. The van der Waals surface area contributed by atoms with E-state index in [1.54, 1.807) is 0 Å². The molecule has 106 valence electrons. The van der Waals surface area contributed by atoms with E-state index in [4.69, 9.17) is 16.3 Å². The van der Waals surface area contributed by atoms with Crippen molar-refractivity contribution in [1.82, 2.24) is 9.97 Å². The van der Waals surface area contributed by atoms with Crippen LogP contribution in [0.3, 0.4) is 0 Å². The van der Waals surface area contributed by atoms with Crippen LogP contribution < -0.4 is 5.32 Å². The van der Waals surface area contributed by atoms with Crippen molar-refractivity contribution < 1.29 is 17.9 Å². The van der Waals surface area contributed by atoms with Crippen LogP contribution in [-0.2, 0) is 10.9 Å². The third-order valence-electron chi connectivity index (χ3n) is 2.93. The highest BCUT2D eigenvalue weighted by molar-refractivity contribution is 6.28. The van der Waals surface area contributed by atoms with Crippen molar-refractivity contribution in [3.63, 3.8) is 0 Å². The van der Waals surface area contributed by atoms with Gasteiger partial charge in [0.15, 0.2) is 5.69 Å². The fourth-order valence-corrected chi connectivity index (χ4v) is 2.09. The maximum atomic E-state index is 12.6. The molecule has 0 saturated carbocycles. The summed E-state index contributed by atoms with van der Waals surface area (Å²) >= 11 is 5.49. The van der Waals surface area contributed by atoms with Crippen molar-refractivity contribution in [3.8, 4) is 0 Å². The molecule has 4 nitrogen and oxygen atoms in total. The van der Waals surface area contributed by atoms with Crippen molar-refractivity contribution in [1.29, 1.82) is 0 Å². The van der Waals surface area contributed by atoms with Gasteiger partial charge < -0.3 is 10.1 Å². The number of anilines is 1. The summed E-state index contributed by atoms with van der Waals surface area (Å²) in [5.41, 5.74) is -1.44. The normalized spacial score (nSPS) is 23.6. The molecule has 1 N–H and O–H groups in total. The van der Waals surface area contributed by atoms with Gasteiger partial charge in [0.05, 0.1) is 5.60 Å². The van der Waals surface area contributed by atoms with Gasteiger partial charge in [-0.15, -0.1) is 0 Å². The van der Waals surface area contributed by atoms with Crippen molar-refractivity contribution in [2.75, 3.05) is 18.5 Å². The number of hydrogen-bond acceptors (Lipinski definition) is 4. The van der Waals surface area contributed by atoms with E-state index in [9.17, 15) is 13.2 Å². The molecule has 1 atom stereocenters. The molecule has 0 aliphatic carbocycles. The van der Waals surface area contributed by atoms with Crippen LogP contribution in [0.25, 0.3) is 0 Å². The molecule has 19 heavy (non-hydrogen) atoms. The first kappa shape index (κ1) is 14.3. The number of nitrogens with zero attached hydrogens (tertiary/aromatic N) is 2. The van der Waals surface area contributed by atoms with E-state index in [0.717, 1.165) is 18.9 Å². The zero-order valence-corrected chi connectivity index (χ0v) is 11.0. The van der Waals surface area contributed by atoms with E-state index in [1.165, 1.54) is 0 Å². The molecule has 0 bridgehead atoms. The Morgan fingerprint density at radius 1 is 1.47 bits per heavy atom. The number of rotatable bonds is 3. The van der Waals surface area contributed by atoms with Crippen LogP contribution in [0.4, 0.5) is 19.0 Å². The summed E-state index contributed by atoms with van der Waals surface area (Å²) < 4.78 is 43.2. The molecular formula is C11H13ClF3N3O. The summed E-state index contributed by atoms with van der Waals surface area (Å²) in [6.45, 7) is 2.94. The number of alkyl halides is 3. The molecule has 8 heteroatoms. The van der Waals surface area contributed by atoms with Crippen molar-refractivity contribution in [2.45, 2.75) is 31.5 Å². The predicted octanol–water partition coefficient (Wildman–Crippen LogP) is 3.13. The van der Waals surface area contributed by atoms with Crippen molar-refractivity contribution >= 4 is 17.4 Å². The SMILES string of the molecule is CC1(CNc2cc(C(F)(F)F)nc(Cl)n2)CCCO1. The molecule has 0 amide bonds. The number of ether oxygens (including phenoxy) is 1. The summed E-state index contributed by atoms with van der Waals surface area (Å²) in [4.78, 5) is 6.89. The zero-order valence-electron chi connectivity index (χ0n) is 10.2. The van der Waals surface area contributed by atoms with E-state index >= 15 is 0 Å². The van der Waals surface area contributed by atoms with Crippen LogP contribution in [0.15, 0.2) is 6.07 Å². The fraction of sp³-hybridized carbons (Fsp3) is 0.636. The lowest BCUT2D eigenvalue weighted by Crippen LogP contribution is -2.32. The summed E-state index contributed by atoms with van der Waals surface area (Å²) in [5, 5.41) is 2.38. The molecule has 0 aromatic carbocycles. The van der Waals surface area contributed by atoms with Gasteiger partial charge in [-0.25, -0.2) is 9.97 Å². The second-order valence-electron chi connectivity index (χ2n) is 4.66. The average molecular weight is 296 g/mol. The molecule has 2 rings (SSSR count). The Morgan fingerprint density at radius 3 is 2.79 bits per heavy atom. The van der Waals surface area contributed by atoms with E-state index in [1.807, 2.05) is 6.92 Å². The minimum absolute atomic E-state index is 0.0454. The minimum Gasteiger partial charge on any atom is -0.373 e. The monoisotopic (exact) mass is 295 g/mol. The van der Waals surface area contributed by atoms with Crippen LogP contribution in [0.2, 0.25) is 5.28 Å². The van der Waals surface area contributed by atoms with E-state index in [0.29, 0.717) is 13.2 Å². The molecule has 2 heterocycles. The molecule has 0 spiro atoms. The number of hydrogen-bond donors (Lipinski definition) is 1. The van der Waals surface area contributed by atoms with Crippen LogP contribution in [0.5, 0.6) is 0 Å². The molecular weight excluding hydrogens is 283 g/mol. The third-order valence-corrected chi connectivity index (χ3v) is 3.10. The maximum absolute atomic E-state index is 12.6. The Hall–Kier alpha value is -1.08. The van der Waals surface area contributed by atoms with Gasteiger partial charge in [-0.2, -0.15) is 13.2 Å². The lowest BCUT2D eigenvalue weighted by molar-refractivity contribution is -0.141. The molecule has 1 aromatic heterocycles. The number of aromatic nitrogens is 2. The minimum atomic E-state index is -4.54. The van der Waals surface area contributed by atoms with Gasteiger partial charge in [0.1, 0.15) is 5.82 Å². The molecule has 1 aromatic rings. The van der Waals surface area contributed by atoms with Gasteiger partial charge in [-0.05, 0) is 31.4 Å². The van der Waals surface area contributed by atoms with Gasteiger partial charge in [0.25, 0.3) is 0 Å². The number of nitrogens with one attached hydrogen (secondary N) is 1. The smallest absolute Gasteiger partial charge is 0.373 e. The number of halogens is 4. The van der Waals surface area contributed by atoms with Crippen LogP contribution >= 0.6 is 11.6 Å². The molecule has 1 fully saturated rings. The maximum Gasteiger partial charge on any atom is 0.433 e. The largest absolute Gasteiger partial charge is 0.433 e. The second-order valence-corrected chi connectivity index (χ2v) is 5.00. The van der Waals surface area contributed by atoms with E-state index < -0.39 is 17.2 Å². The van der Waals surface area contributed by atoms with Gasteiger partial charge in [-0.3, -0.25) is 0 Å². The Morgan fingerprint density at radius 2 is 2.21 bits per heavy atom. The Kier molecular flexibility index (Phi) is 3.87. The Balaban J connectivity index is 2.10. The van der Waals surface area contributed by atoms with Crippen LogP contribution in [0.1, 0.15) is 25.5 Å². The van der Waals surface area contributed by atoms with Crippen LogP contribution in [-0.4, -0.2) is 28.7 Å². The second kappa shape index (κ2) is 5.13. The summed E-state index contributed by atoms with van der Waals surface area (Å²) in [6, 6.07) is 0.837. The van der Waals surface area contributed by atoms with Gasteiger partial charge in [-0.1, -0.05) is 0 Å².